The van der Waals surface area contributed by atoms with Crippen molar-refractivity contribution >= 4 is 12.0 Å². The maximum atomic E-state index is 12.8. The van der Waals surface area contributed by atoms with Crippen molar-refractivity contribution in [3.8, 4) is 11.5 Å². The van der Waals surface area contributed by atoms with Crippen LogP contribution in [0.1, 0.15) is 51.1 Å². The lowest BCUT2D eigenvalue weighted by Crippen LogP contribution is -2.45. The second-order valence-electron chi connectivity index (χ2n) is 6.54. The van der Waals surface area contributed by atoms with Gasteiger partial charge in [-0.05, 0) is 57.2 Å². The second-order valence-corrected chi connectivity index (χ2v) is 6.54. The third-order valence-electron chi connectivity index (χ3n) is 4.68. The second kappa shape index (κ2) is 7.68. The average molecular weight is 360 g/mol. The molecule has 0 unspecified atom stereocenters. The van der Waals surface area contributed by atoms with Crippen molar-refractivity contribution in [1.29, 1.82) is 0 Å². The van der Waals surface area contributed by atoms with Crippen molar-refractivity contribution in [3.63, 3.8) is 0 Å². The maximum Gasteiger partial charge on any atom is 0.338 e. The fourth-order valence-corrected chi connectivity index (χ4v) is 3.42. The van der Waals surface area contributed by atoms with E-state index in [4.69, 9.17) is 9.47 Å². The number of nitrogens with one attached hydrogen (secondary N) is 2. The zero-order valence-electron chi connectivity index (χ0n) is 15.0. The molecule has 3 rings (SSSR count). The summed E-state index contributed by atoms with van der Waals surface area (Å²) in [6.45, 7) is 3.88. The molecule has 0 spiro atoms. The van der Waals surface area contributed by atoms with Gasteiger partial charge >= 0.3 is 12.0 Å². The molecule has 1 atom stereocenters. The lowest BCUT2D eigenvalue weighted by Gasteiger charge is -2.29. The Morgan fingerprint density at radius 2 is 2.04 bits per heavy atom. The molecule has 0 saturated heterocycles. The number of rotatable bonds is 5. The van der Waals surface area contributed by atoms with Crippen molar-refractivity contribution in [2.75, 3.05) is 6.61 Å². The first-order chi connectivity index (χ1) is 12.5. The Morgan fingerprint density at radius 1 is 1.31 bits per heavy atom. The van der Waals surface area contributed by atoms with E-state index >= 15 is 0 Å². The standard InChI is InChI=1S/C19H24N2O5/c1-3-25-15-10-12(8-9-14(15)22)17-16(11(2)20-19(24)21-17)18(23)26-13-6-4-5-7-13/h8-10,13,17,22H,3-7H2,1-2H3,(H2,20,21,24)/t17-/m1/s1. The van der Waals surface area contributed by atoms with Gasteiger partial charge in [-0.3, -0.25) is 0 Å². The van der Waals surface area contributed by atoms with Gasteiger partial charge in [-0.25, -0.2) is 9.59 Å². The highest BCUT2D eigenvalue weighted by atomic mass is 16.5. The number of phenols is 1. The topological polar surface area (TPSA) is 96.9 Å². The first kappa shape index (κ1) is 18.1. The zero-order valence-corrected chi connectivity index (χ0v) is 15.0. The van der Waals surface area contributed by atoms with Gasteiger partial charge in [-0.1, -0.05) is 6.07 Å². The molecule has 1 heterocycles. The van der Waals surface area contributed by atoms with E-state index in [9.17, 15) is 14.7 Å². The Bertz CT molecular complexity index is 737. The molecular formula is C19H24N2O5. The molecule has 3 N–H and O–H groups in total. The molecule has 0 aromatic heterocycles. The van der Waals surface area contributed by atoms with Crippen LogP contribution < -0.4 is 15.4 Å². The molecule has 26 heavy (non-hydrogen) atoms. The van der Waals surface area contributed by atoms with Gasteiger partial charge in [0.25, 0.3) is 0 Å². The van der Waals surface area contributed by atoms with E-state index in [1.807, 2.05) is 6.92 Å². The molecule has 7 nitrogen and oxygen atoms in total. The number of benzene rings is 1. The zero-order chi connectivity index (χ0) is 18.7. The predicted octanol–water partition coefficient (Wildman–Crippen LogP) is 2.90. The minimum atomic E-state index is -0.669. The Kier molecular flexibility index (Phi) is 5.35. The molecule has 1 aliphatic carbocycles. The summed E-state index contributed by atoms with van der Waals surface area (Å²) in [7, 11) is 0. The van der Waals surface area contributed by atoms with Crippen molar-refractivity contribution in [1.82, 2.24) is 10.6 Å². The van der Waals surface area contributed by atoms with Crippen molar-refractivity contribution in [2.24, 2.45) is 0 Å². The first-order valence-corrected chi connectivity index (χ1v) is 8.94. The monoisotopic (exact) mass is 360 g/mol. The maximum absolute atomic E-state index is 12.8. The summed E-state index contributed by atoms with van der Waals surface area (Å²) in [5.41, 5.74) is 1.47. The van der Waals surface area contributed by atoms with E-state index in [0.717, 1.165) is 25.7 Å². The summed E-state index contributed by atoms with van der Waals surface area (Å²) in [5, 5.41) is 15.3. The van der Waals surface area contributed by atoms with Crippen LogP contribution in [0.2, 0.25) is 0 Å². The number of aromatic hydroxyl groups is 1. The van der Waals surface area contributed by atoms with Gasteiger partial charge in [-0.15, -0.1) is 0 Å². The van der Waals surface area contributed by atoms with Crippen LogP contribution in [0, 0.1) is 0 Å². The molecular weight excluding hydrogens is 336 g/mol. The SMILES string of the molecule is CCOc1cc([C@H]2NC(=O)NC(C)=C2C(=O)OC2CCCC2)ccc1O. The minimum absolute atomic E-state index is 0.00615. The Labute approximate surface area is 152 Å². The van der Waals surface area contributed by atoms with Crippen LogP contribution in [0.15, 0.2) is 29.5 Å². The molecule has 1 aromatic carbocycles. The fourth-order valence-electron chi connectivity index (χ4n) is 3.42. The Hall–Kier alpha value is -2.70. The van der Waals surface area contributed by atoms with Crippen LogP contribution in [0.3, 0.4) is 0 Å². The Balaban J connectivity index is 1.92. The average Bonchev–Trinajstić information content (AvgIpc) is 3.09. The van der Waals surface area contributed by atoms with Gasteiger partial charge in [0.15, 0.2) is 11.5 Å². The molecule has 1 aromatic rings. The number of esters is 1. The van der Waals surface area contributed by atoms with Crippen molar-refractivity contribution < 1.29 is 24.2 Å². The van der Waals surface area contributed by atoms with Gasteiger partial charge in [0.2, 0.25) is 0 Å². The quantitative estimate of drug-likeness (QED) is 0.702. The first-order valence-electron chi connectivity index (χ1n) is 8.94. The highest BCUT2D eigenvalue weighted by Crippen LogP contribution is 2.34. The molecule has 7 heteroatoms. The number of ether oxygens (including phenoxy) is 2. The summed E-state index contributed by atoms with van der Waals surface area (Å²) < 4.78 is 11.1. The van der Waals surface area contributed by atoms with Gasteiger partial charge in [0.05, 0.1) is 18.2 Å². The molecule has 0 radical (unpaired) electrons. The molecule has 0 bridgehead atoms. The number of amides is 2. The van der Waals surface area contributed by atoms with Crippen LogP contribution >= 0.6 is 0 Å². The van der Waals surface area contributed by atoms with Crippen LogP contribution in [-0.4, -0.2) is 29.8 Å². The normalized spacial score (nSPS) is 20.5. The number of allylic oxidation sites excluding steroid dienone is 1. The summed E-state index contributed by atoms with van der Waals surface area (Å²) in [5.74, 6) is -0.122. The predicted molar refractivity (Wildman–Crippen MR) is 94.7 cm³/mol. The third-order valence-corrected chi connectivity index (χ3v) is 4.68. The fraction of sp³-hybridized carbons (Fsp3) is 0.474. The highest BCUT2D eigenvalue weighted by Gasteiger charge is 2.34. The summed E-state index contributed by atoms with van der Waals surface area (Å²) in [4.78, 5) is 24.7. The third kappa shape index (κ3) is 3.76. The van der Waals surface area contributed by atoms with Gasteiger partial charge in [-0.2, -0.15) is 0 Å². The molecule has 1 aliphatic heterocycles. The van der Waals surface area contributed by atoms with Gasteiger partial charge in [0.1, 0.15) is 6.10 Å². The molecule has 2 aliphatic rings. The molecule has 2 amide bonds. The van der Waals surface area contributed by atoms with E-state index in [-0.39, 0.29) is 11.9 Å². The lowest BCUT2D eigenvalue weighted by molar-refractivity contribution is -0.144. The highest BCUT2D eigenvalue weighted by molar-refractivity contribution is 5.95. The smallest absolute Gasteiger partial charge is 0.338 e. The van der Waals surface area contributed by atoms with E-state index < -0.39 is 18.0 Å². The van der Waals surface area contributed by atoms with E-state index in [1.54, 1.807) is 19.1 Å². The minimum Gasteiger partial charge on any atom is -0.504 e. The van der Waals surface area contributed by atoms with Gasteiger partial charge in [0, 0.05) is 5.70 Å². The van der Waals surface area contributed by atoms with E-state index in [1.165, 1.54) is 6.07 Å². The number of urea groups is 1. The summed E-state index contributed by atoms with van der Waals surface area (Å²) >= 11 is 0. The Morgan fingerprint density at radius 3 is 2.73 bits per heavy atom. The van der Waals surface area contributed by atoms with Crippen LogP contribution in [0.4, 0.5) is 4.79 Å². The largest absolute Gasteiger partial charge is 0.504 e. The molecule has 140 valence electrons. The summed E-state index contributed by atoms with van der Waals surface area (Å²) in [6.07, 6.45) is 3.79. The van der Waals surface area contributed by atoms with Crippen LogP contribution in [0.25, 0.3) is 0 Å². The number of carbonyl (C=O) groups is 2. The molecule has 1 saturated carbocycles. The van der Waals surface area contributed by atoms with Crippen molar-refractivity contribution in [3.05, 3.63) is 35.0 Å². The van der Waals surface area contributed by atoms with E-state index in [0.29, 0.717) is 29.2 Å². The number of hydrogen-bond donors (Lipinski definition) is 3. The number of hydrogen-bond acceptors (Lipinski definition) is 5. The van der Waals surface area contributed by atoms with Crippen LogP contribution in [0.5, 0.6) is 11.5 Å². The van der Waals surface area contributed by atoms with Gasteiger partial charge < -0.3 is 25.2 Å². The molecule has 1 fully saturated rings. The van der Waals surface area contributed by atoms with E-state index in [2.05, 4.69) is 10.6 Å². The summed E-state index contributed by atoms with van der Waals surface area (Å²) in [6, 6.07) is 3.72. The number of carbonyl (C=O) groups excluding carboxylic acids is 2. The van der Waals surface area contributed by atoms with Crippen LogP contribution in [-0.2, 0) is 9.53 Å². The van der Waals surface area contributed by atoms with Crippen molar-refractivity contribution in [2.45, 2.75) is 51.7 Å². The number of phenolic OH excluding ortho intramolecular Hbond substituents is 1. The lowest BCUT2D eigenvalue weighted by atomic mass is 9.95.